The number of nitrogens with two attached hydrogens (primary N) is 1. The summed E-state index contributed by atoms with van der Waals surface area (Å²) in [7, 11) is 3.56. The Morgan fingerprint density at radius 1 is 1.39 bits per heavy atom. The molecule has 1 amide bonds. The summed E-state index contributed by atoms with van der Waals surface area (Å²) in [4.78, 5) is 13.7. The quantitative estimate of drug-likeness (QED) is 0.827. The van der Waals surface area contributed by atoms with Crippen LogP contribution in [0.5, 0.6) is 0 Å². The molecule has 5 nitrogen and oxygen atoms in total. The Labute approximate surface area is 106 Å². The number of benzene rings is 1. The van der Waals surface area contributed by atoms with Crippen LogP contribution in [0.1, 0.15) is 15.9 Å². The van der Waals surface area contributed by atoms with E-state index in [1.54, 1.807) is 36.1 Å². The van der Waals surface area contributed by atoms with Gasteiger partial charge in [-0.1, -0.05) is 12.1 Å². The molecule has 0 aliphatic heterocycles. The molecule has 2 aromatic rings. The maximum Gasteiger partial charge on any atom is 0.257 e. The van der Waals surface area contributed by atoms with Crippen LogP contribution in [0.3, 0.4) is 0 Å². The minimum Gasteiger partial charge on any atom is -0.399 e. The zero-order valence-corrected chi connectivity index (χ0v) is 10.5. The molecule has 0 saturated carbocycles. The Bertz CT molecular complexity index is 544. The lowest BCUT2D eigenvalue weighted by molar-refractivity contribution is 0.0785. The Morgan fingerprint density at radius 2 is 2.06 bits per heavy atom. The van der Waals surface area contributed by atoms with Crippen LogP contribution in [0.4, 0.5) is 5.69 Å². The SMILES string of the molecule is CN(Cc1ccc(N)cc1)C(=O)c1cnn(C)c1. The van der Waals surface area contributed by atoms with E-state index in [2.05, 4.69) is 5.10 Å². The van der Waals surface area contributed by atoms with Crippen molar-refractivity contribution >= 4 is 11.6 Å². The van der Waals surface area contributed by atoms with Crippen molar-refractivity contribution in [3.63, 3.8) is 0 Å². The first kappa shape index (κ1) is 12.2. The van der Waals surface area contributed by atoms with Crippen molar-refractivity contribution in [2.45, 2.75) is 6.54 Å². The molecule has 0 atom stereocenters. The summed E-state index contributed by atoms with van der Waals surface area (Å²) in [6, 6.07) is 7.50. The number of hydrogen-bond acceptors (Lipinski definition) is 3. The molecular formula is C13H16N4O. The van der Waals surface area contributed by atoms with Crippen LogP contribution >= 0.6 is 0 Å². The molecule has 5 heteroatoms. The maximum atomic E-state index is 12.1. The van der Waals surface area contributed by atoms with Crippen LogP contribution in [0.2, 0.25) is 0 Å². The van der Waals surface area contributed by atoms with Crippen LogP contribution < -0.4 is 5.73 Å². The smallest absolute Gasteiger partial charge is 0.257 e. The Hall–Kier alpha value is -2.30. The van der Waals surface area contributed by atoms with Gasteiger partial charge in [0.05, 0.1) is 11.8 Å². The zero-order valence-electron chi connectivity index (χ0n) is 10.5. The lowest BCUT2D eigenvalue weighted by Gasteiger charge is -2.16. The normalized spacial score (nSPS) is 10.3. The fourth-order valence-corrected chi connectivity index (χ4v) is 1.72. The summed E-state index contributed by atoms with van der Waals surface area (Å²) >= 11 is 0. The predicted molar refractivity (Wildman–Crippen MR) is 69.9 cm³/mol. The second-order valence-corrected chi connectivity index (χ2v) is 4.31. The summed E-state index contributed by atoms with van der Waals surface area (Å²) in [5, 5.41) is 3.99. The molecule has 94 valence electrons. The lowest BCUT2D eigenvalue weighted by atomic mass is 10.2. The largest absolute Gasteiger partial charge is 0.399 e. The molecule has 2 rings (SSSR count). The van der Waals surface area contributed by atoms with Gasteiger partial charge in [0.2, 0.25) is 0 Å². The van der Waals surface area contributed by atoms with Crippen LogP contribution in [-0.2, 0) is 13.6 Å². The van der Waals surface area contributed by atoms with Crippen LogP contribution in [0.25, 0.3) is 0 Å². The third kappa shape index (κ3) is 2.68. The molecule has 0 aliphatic carbocycles. The monoisotopic (exact) mass is 244 g/mol. The van der Waals surface area contributed by atoms with Crippen molar-refractivity contribution in [1.29, 1.82) is 0 Å². The third-order valence-corrected chi connectivity index (χ3v) is 2.70. The number of nitrogen functional groups attached to an aromatic ring is 1. The average molecular weight is 244 g/mol. The van der Waals surface area contributed by atoms with Crippen molar-refractivity contribution in [2.24, 2.45) is 7.05 Å². The van der Waals surface area contributed by atoms with E-state index >= 15 is 0 Å². The number of aryl methyl sites for hydroxylation is 1. The standard InChI is InChI=1S/C13H16N4O/c1-16(8-10-3-5-12(14)6-4-10)13(18)11-7-15-17(2)9-11/h3-7,9H,8,14H2,1-2H3. The van der Waals surface area contributed by atoms with Crippen molar-refractivity contribution < 1.29 is 4.79 Å². The first-order valence-electron chi connectivity index (χ1n) is 5.65. The van der Waals surface area contributed by atoms with Gasteiger partial charge in [0.1, 0.15) is 0 Å². The topological polar surface area (TPSA) is 64.2 Å². The lowest BCUT2D eigenvalue weighted by Crippen LogP contribution is -2.25. The molecule has 18 heavy (non-hydrogen) atoms. The summed E-state index contributed by atoms with van der Waals surface area (Å²) in [6.07, 6.45) is 3.28. The molecule has 0 unspecified atom stereocenters. The maximum absolute atomic E-state index is 12.1. The average Bonchev–Trinajstić information content (AvgIpc) is 2.78. The molecule has 0 radical (unpaired) electrons. The number of nitrogens with zero attached hydrogens (tertiary/aromatic N) is 3. The minimum absolute atomic E-state index is 0.0417. The first-order valence-corrected chi connectivity index (χ1v) is 5.65. The highest BCUT2D eigenvalue weighted by molar-refractivity contribution is 5.93. The number of carbonyl (C=O) groups is 1. The summed E-state index contributed by atoms with van der Waals surface area (Å²) in [5.74, 6) is -0.0417. The van der Waals surface area contributed by atoms with Crippen molar-refractivity contribution in [3.05, 3.63) is 47.8 Å². The highest BCUT2D eigenvalue weighted by Gasteiger charge is 2.13. The van der Waals surface area contributed by atoms with E-state index in [-0.39, 0.29) is 5.91 Å². The minimum atomic E-state index is -0.0417. The molecule has 2 N–H and O–H groups in total. The summed E-state index contributed by atoms with van der Waals surface area (Å²) in [5.41, 5.74) is 7.98. The van der Waals surface area contributed by atoms with Crippen LogP contribution in [0.15, 0.2) is 36.7 Å². The molecule has 0 fully saturated rings. The van der Waals surface area contributed by atoms with Crippen molar-refractivity contribution in [3.8, 4) is 0 Å². The summed E-state index contributed by atoms with van der Waals surface area (Å²) in [6.45, 7) is 0.550. The molecule has 0 saturated heterocycles. The highest BCUT2D eigenvalue weighted by atomic mass is 16.2. The summed E-state index contributed by atoms with van der Waals surface area (Å²) < 4.78 is 1.62. The van der Waals surface area contributed by atoms with Gasteiger partial charge in [-0.3, -0.25) is 9.48 Å². The van der Waals surface area contributed by atoms with Gasteiger partial charge in [0.25, 0.3) is 5.91 Å². The second kappa shape index (κ2) is 4.91. The Kier molecular flexibility index (Phi) is 3.32. The molecule has 0 aliphatic rings. The van der Waals surface area contributed by atoms with Gasteiger partial charge in [-0.25, -0.2) is 0 Å². The fraction of sp³-hybridized carbons (Fsp3) is 0.231. The number of amides is 1. The van der Waals surface area contributed by atoms with Gasteiger partial charge < -0.3 is 10.6 Å². The Morgan fingerprint density at radius 3 is 2.61 bits per heavy atom. The fourth-order valence-electron chi connectivity index (χ4n) is 1.72. The molecule has 0 bridgehead atoms. The van der Waals surface area contributed by atoms with E-state index in [4.69, 9.17) is 5.73 Å². The molecule has 1 aromatic carbocycles. The number of carbonyl (C=O) groups excluding carboxylic acids is 1. The van der Waals surface area contributed by atoms with Gasteiger partial charge >= 0.3 is 0 Å². The van der Waals surface area contributed by atoms with E-state index in [1.807, 2.05) is 24.3 Å². The number of hydrogen-bond donors (Lipinski definition) is 1. The van der Waals surface area contributed by atoms with E-state index in [0.717, 1.165) is 11.3 Å². The van der Waals surface area contributed by atoms with E-state index in [9.17, 15) is 4.79 Å². The zero-order chi connectivity index (χ0) is 13.1. The molecule has 0 spiro atoms. The number of rotatable bonds is 3. The van der Waals surface area contributed by atoms with Gasteiger partial charge in [-0.2, -0.15) is 5.10 Å². The first-order chi connectivity index (χ1) is 8.56. The Balaban J connectivity index is 2.05. The van der Waals surface area contributed by atoms with Crippen LogP contribution in [-0.4, -0.2) is 27.6 Å². The van der Waals surface area contributed by atoms with Gasteiger partial charge in [-0.05, 0) is 17.7 Å². The van der Waals surface area contributed by atoms with Gasteiger partial charge in [-0.15, -0.1) is 0 Å². The van der Waals surface area contributed by atoms with Gasteiger partial charge in [0.15, 0.2) is 0 Å². The third-order valence-electron chi connectivity index (χ3n) is 2.70. The van der Waals surface area contributed by atoms with Crippen LogP contribution in [0, 0.1) is 0 Å². The van der Waals surface area contributed by atoms with Crippen molar-refractivity contribution in [1.82, 2.24) is 14.7 Å². The second-order valence-electron chi connectivity index (χ2n) is 4.31. The van der Waals surface area contributed by atoms with E-state index in [1.165, 1.54) is 0 Å². The van der Waals surface area contributed by atoms with E-state index < -0.39 is 0 Å². The molecule has 1 aromatic heterocycles. The molecule has 1 heterocycles. The predicted octanol–water partition coefficient (Wildman–Crippen LogP) is 1.27. The van der Waals surface area contributed by atoms with Gasteiger partial charge in [0, 0.05) is 32.5 Å². The van der Waals surface area contributed by atoms with Crippen molar-refractivity contribution in [2.75, 3.05) is 12.8 Å². The van der Waals surface area contributed by atoms with E-state index in [0.29, 0.717) is 12.1 Å². The number of anilines is 1. The molecular weight excluding hydrogens is 228 g/mol. The highest BCUT2D eigenvalue weighted by Crippen LogP contribution is 2.10. The number of aromatic nitrogens is 2.